The average molecular weight is 252 g/mol. The topological polar surface area (TPSA) is 40.5 Å². The third-order valence-electron chi connectivity index (χ3n) is 2.86. The first kappa shape index (κ1) is 12.1. The van der Waals surface area contributed by atoms with Crippen LogP contribution in [0.3, 0.4) is 0 Å². The predicted molar refractivity (Wildman–Crippen MR) is 67.1 cm³/mol. The number of carboxylic acid groups (broad SMARTS) is 1. The van der Waals surface area contributed by atoms with Gasteiger partial charge in [-0.05, 0) is 24.1 Å². The second-order valence-electron chi connectivity index (χ2n) is 4.15. The van der Waals surface area contributed by atoms with Crippen molar-refractivity contribution in [2.75, 3.05) is 13.1 Å². The number of benzene rings is 1. The van der Waals surface area contributed by atoms with Gasteiger partial charge in [0.1, 0.15) is 0 Å². The van der Waals surface area contributed by atoms with Gasteiger partial charge in [0.25, 0.3) is 0 Å². The molecule has 0 atom stereocenters. The van der Waals surface area contributed by atoms with E-state index in [9.17, 15) is 4.79 Å². The van der Waals surface area contributed by atoms with Gasteiger partial charge in [0.05, 0.1) is 0 Å². The minimum absolute atomic E-state index is 0.521. The van der Waals surface area contributed by atoms with Gasteiger partial charge in [-0.15, -0.1) is 0 Å². The van der Waals surface area contributed by atoms with Gasteiger partial charge in [-0.1, -0.05) is 29.8 Å². The van der Waals surface area contributed by atoms with Gasteiger partial charge in [0, 0.05) is 30.2 Å². The van der Waals surface area contributed by atoms with E-state index in [0.717, 1.165) is 23.7 Å². The highest BCUT2D eigenvalue weighted by Gasteiger charge is 2.15. The molecule has 1 heterocycles. The van der Waals surface area contributed by atoms with Crippen LogP contribution in [-0.2, 0) is 11.3 Å². The first-order chi connectivity index (χ1) is 8.15. The summed E-state index contributed by atoms with van der Waals surface area (Å²) in [4.78, 5) is 13.0. The molecule has 0 aliphatic carbocycles. The van der Waals surface area contributed by atoms with Gasteiger partial charge in [0.15, 0.2) is 0 Å². The number of halogens is 1. The van der Waals surface area contributed by atoms with Crippen molar-refractivity contribution in [3.63, 3.8) is 0 Å². The zero-order chi connectivity index (χ0) is 12.3. The Hall–Kier alpha value is -1.32. The Balaban J connectivity index is 1.96. The molecule has 90 valence electrons. The minimum Gasteiger partial charge on any atom is -0.478 e. The summed E-state index contributed by atoms with van der Waals surface area (Å²) in [7, 11) is 0. The van der Waals surface area contributed by atoms with Crippen molar-refractivity contribution >= 4 is 17.6 Å². The molecule has 1 aliphatic rings. The Kier molecular flexibility index (Phi) is 3.82. The number of carboxylic acids is 1. The Morgan fingerprint density at radius 3 is 2.88 bits per heavy atom. The van der Waals surface area contributed by atoms with Crippen LogP contribution >= 0.6 is 11.6 Å². The molecule has 1 aromatic carbocycles. The lowest BCUT2D eigenvalue weighted by Crippen LogP contribution is -2.29. The fourth-order valence-corrected chi connectivity index (χ4v) is 2.16. The lowest BCUT2D eigenvalue weighted by Gasteiger charge is -2.25. The Bertz CT molecular complexity index is 456. The number of hydrogen-bond acceptors (Lipinski definition) is 2. The number of nitrogens with zero attached hydrogens (tertiary/aromatic N) is 1. The van der Waals surface area contributed by atoms with Crippen LogP contribution in [-0.4, -0.2) is 29.1 Å². The number of hydrogen-bond donors (Lipinski definition) is 1. The third-order valence-corrected chi connectivity index (χ3v) is 3.10. The maximum absolute atomic E-state index is 10.8. The monoisotopic (exact) mass is 251 g/mol. The van der Waals surface area contributed by atoms with Crippen LogP contribution in [0.15, 0.2) is 35.9 Å². The van der Waals surface area contributed by atoms with Gasteiger partial charge in [-0.2, -0.15) is 0 Å². The molecule has 0 spiro atoms. The lowest BCUT2D eigenvalue weighted by molar-refractivity contribution is -0.133. The van der Waals surface area contributed by atoms with Crippen molar-refractivity contribution in [2.45, 2.75) is 13.0 Å². The second kappa shape index (κ2) is 5.34. The summed E-state index contributed by atoms with van der Waals surface area (Å²) in [5, 5.41) is 9.58. The highest BCUT2D eigenvalue weighted by atomic mass is 35.5. The summed E-state index contributed by atoms with van der Waals surface area (Å²) < 4.78 is 0. The highest BCUT2D eigenvalue weighted by molar-refractivity contribution is 6.30. The Labute approximate surface area is 105 Å². The van der Waals surface area contributed by atoms with Crippen LogP contribution in [0.4, 0.5) is 0 Å². The summed E-state index contributed by atoms with van der Waals surface area (Å²) in [5.41, 5.74) is 1.68. The molecule has 4 heteroatoms. The van der Waals surface area contributed by atoms with Gasteiger partial charge in [0.2, 0.25) is 0 Å². The molecule has 0 bridgehead atoms. The van der Waals surface area contributed by atoms with E-state index in [4.69, 9.17) is 16.7 Å². The summed E-state index contributed by atoms with van der Waals surface area (Å²) >= 11 is 5.92. The van der Waals surface area contributed by atoms with E-state index < -0.39 is 5.97 Å². The Morgan fingerprint density at radius 2 is 2.29 bits per heavy atom. The maximum Gasteiger partial charge on any atom is 0.331 e. The summed E-state index contributed by atoms with van der Waals surface area (Å²) in [6, 6.07) is 7.75. The molecule has 1 aliphatic heterocycles. The van der Waals surface area contributed by atoms with Crippen LogP contribution in [0, 0.1) is 0 Å². The van der Waals surface area contributed by atoms with Crippen LogP contribution in [0.25, 0.3) is 0 Å². The minimum atomic E-state index is -0.799. The molecule has 1 N–H and O–H groups in total. The lowest BCUT2D eigenvalue weighted by atomic mass is 10.1. The fraction of sp³-hybridized carbons (Fsp3) is 0.308. The van der Waals surface area contributed by atoms with E-state index in [1.807, 2.05) is 24.3 Å². The highest BCUT2D eigenvalue weighted by Crippen LogP contribution is 2.16. The van der Waals surface area contributed by atoms with Gasteiger partial charge in [-0.3, -0.25) is 4.90 Å². The van der Waals surface area contributed by atoms with E-state index in [2.05, 4.69) is 4.90 Å². The van der Waals surface area contributed by atoms with Crippen molar-refractivity contribution in [3.05, 3.63) is 46.5 Å². The van der Waals surface area contributed by atoms with Crippen molar-refractivity contribution in [2.24, 2.45) is 0 Å². The zero-order valence-corrected chi connectivity index (χ0v) is 10.2. The number of aliphatic carboxylic acids is 1. The quantitative estimate of drug-likeness (QED) is 0.898. The zero-order valence-electron chi connectivity index (χ0n) is 9.40. The van der Waals surface area contributed by atoms with E-state index in [-0.39, 0.29) is 0 Å². The van der Waals surface area contributed by atoms with E-state index in [1.54, 1.807) is 6.08 Å². The van der Waals surface area contributed by atoms with Gasteiger partial charge in [-0.25, -0.2) is 4.79 Å². The molecule has 0 unspecified atom stereocenters. The van der Waals surface area contributed by atoms with Crippen molar-refractivity contribution in [3.8, 4) is 0 Å². The van der Waals surface area contributed by atoms with E-state index in [1.165, 1.54) is 0 Å². The summed E-state index contributed by atoms with van der Waals surface area (Å²) in [6.07, 6.45) is 2.40. The molecule has 2 rings (SSSR count). The normalized spacial score (nSPS) is 16.6. The molecule has 17 heavy (non-hydrogen) atoms. The van der Waals surface area contributed by atoms with E-state index in [0.29, 0.717) is 18.5 Å². The largest absolute Gasteiger partial charge is 0.478 e. The molecule has 0 saturated carbocycles. The molecular formula is C13H14ClNO2. The smallest absolute Gasteiger partial charge is 0.331 e. The summed E-state index contributed by atoms with van der Waals surface area (Å²) in [6.45, 7) is 2.28. The first-order valence-corrected chi connectivity index (χ1v) is 5.92. The number of carbonyl (C=O) groups is 1. The van der Waals surface area contributed by atoms with Crippen LogP contribution in [0.2, 0.25) is 5.02 Å². The Morgan fingerprint density at radius 1 is 1.47 bits per heavy atom. The van der Waals surface area contributed by atoms with Crippen molar-refractivity contribution < 1.29 is 9.90 Å². The second-order valence-corrected chi connectivity index (χ2v) is 4.59. The molecular weight excluding hydrogens is 238 g/mol. The molecule has 0 radical (unpaired) electrons. The van der Waals surface area contributed by atoms with Crippen molar-refractivity contribution in [1.29, 1.82) is 0 Å². The van der Waals surface area contributed by atoms with Gasteiger partial charge < -0.3 is 5.11 Å². The van der Waals surface area contributed by atoms with Crippen LogP contribution < -0.4 is 0 Å². The molecule has 0 saturated heterocycles. The van der Waals surface area contributed by atoms with Crippen molar-refractivity contribution in [1.82, 2.24) is 4.90 Å². The molecule has 1 aromatic rings. The molecule has 0 amide bonds. The summed E-state index contributed by atoms with van der Waals surface area (Å²) in [5.74, 6) is -0.799. The van der Waals surface area contributed by atoms with E-state index >= 15 is 0 Å². The first-order valence-electron chi connectivity index (χ1n) is 5.54. The fourth-order valence-electron chi connectivity index (χ4n) is 1.94. The average Bonchev–Trinajstić information content (AvgIpc) is 2.29. The predicted octanol–water partition coefficient (Wildman–Crippen LogP) is 2.56. The SMILES string of the molecule is O=C(O)C1=CCN(Cc2cccc(Cl)c2)CC1. The van der Waals surface area contributed by atoms with Crippen LogP contribution in [0.1, 0.15) is 12.0 Å². The molecule has 0 fully saturated rings. The maximum atomic E-state index is 10.8. The standard InChI is InChI=1S/C13H14ClNO2/c14-12-3-1-2-10(8-12)9-15-6-4-11(5-7-15)13(16)17/h1-4,8H,5-7,9H2,(H,16,17). The number of rotatable bonds is 3. The molecule has 3 nitrogen and oxygen atoms in total. The third kappa shape index (κ3) is 3.32. The molecule has 0 aromatic heterocycles. The van der Waals surface area contributed by atoms with Gasteiger partial charge >= 0.3 is 5.97 Å². The van der Waals surface area contributed by atoms with Crippen LogP contribution in [0.5, 0.6) is 0 Å².